The van der Waals surface area contributed by atoms with Gasteiger partial charge in [-0.25, -0.2) is 4.39 Å². The molecule has 1 aromatic carbocycles. The summed E-state index contributed by atoms with van der Waals surface area (Å²) in [5.74, 6) is -0.269. The standard InChI is InChI=1S/C11H15BrFNO/c1-3-8(15)6-14-11-5-9(12)10(13)4-7(11)2/h4-5,8,14-15H,3,6H2,1-2H3. The van der Waals surface area contributed by atoms with Crippen LogP contribution in [0.15, 0.2) is 16.6 Å². The molecule has 0 radical (unpaired) electrons. The third-order valence-corrected chi connectivity index (χ3v) is 2.87. The fraction of sp³-hybridized carbons (Fsp3) is 0.455. The molecule has 0 fully saturated rings. The van der Waals surface area contributed by atoms with Gasteiger partial charge in [-0.05, 0) is 47.0 Å². The molecule has 1 atom stereocenters. The Morgan fingerprint density at radius 1 is 1.53 bits per heavy atom. The van der Waals surface area contributed by atoms with E-state index in [9.17, 15) is 9.50 Å². The normalized spacial score (nSPS) is 12.6. The molecule has 0 bridgehead atoms. The minimum absolute atomic E-state index is 0.269. The molecule has 0 aliphatic rings. The Morgan fingerprint density at radius 2 is 2.20 bits per heavy atom. The van der Waals surface area contributed by atoms with Crippen LogP contribution in [-0.4, -0.2) is 17.8 Å². The quantitative estimate of drug-likeness (QED) is 0.885. The number of anilines is 1. The molecule has 2 N–H and O–H groups in total. The maximum atomic E-state index is 13.1. The van der Waals surface area contributed by atoms with Gasteiger partial charge in [-0.15, -0.1) is 0 Å². The van der Waals surface area contributed by atoms with Crippen LogP contribution in [0.5, 0.6) is 0 Å². The minimum atomic E-state index is -0.367. The van der Waals surface area contributed by atoms with Gasteiger partial charge >= 0.3 is 0 Å². The van der Waals surface area contributed by atoms with E-state index in [0.29, 0.717) is 17.4 Å². The van der Waals surface area contributed by atoms with Gasteiger partial charge in [0.05, 0.1) is 10.6 Å². The zero-order valence-corrected chi connectivity index (χ0v) is 10.4. The van der Waals surface area contributed by atoms with E-state index in [2.05, 4.69) is 21.2 Å². The molecule has 1 aromatic rings. The average Bonchev–Trinajstić information content (AvgIpc) is 2.21. The maximum absolute atomic E-state index is 13.1. The van der Waals surface area contributed by atoms with Gasteiger partial charge in [-0.3, -0.25) is 0 Å². The lowest BCUT2D eigenvalue weighted by atomic mass is 10.2. The first kappa shape index (κ1) is 12.5. The predicted molar refractivity (Wildman–Crippen MR) is 63.6 cm³/mol. The highest BCUT2D eigenvalue weighted by Gasteiger charge is 2.06. The summed E-state index contributed by atoms with van der Waals surface area (Å²) in [5.41, 5.74) is 1.68. The Hall–Kier alpha value is -0.610. The number of rotatable bonds is 4. The highest BCUT2D eigenvalue weighted by Crippen LogP contribution is 2.24. The first-order chi connectivity index (χ1) is 7.04. The summed E-state index contributed by atoms with van der Waals surface area (Å²) in [5, 5.41) is 12.5. The number of aliphatic hydroxyl groups is 1. The van der Waals surface area contributed by atoms with Crippen LogP contribution in [-0.2, 0) is 0 Å². The Balaban J connectivity index is 2.73. The van der Waals surface area contributed by atoms with Crippen LogP contribution in [0.25, 0.3) is 0 Å². The molecule has 2 nitrogen and oxygen atoms in total. The van der Waals surface area contributed by atoms with Crippen LogP contribution < -0.4 is 5.32 Å². The number of halogens is 2. The second-order valence-electron chi connectivity index (χ2n) is 3.52. The van der Waals surface area contributed by atoms with E-state index in [1.807, 2.05) is 13.8 Å². The van der Waals surface area contributed by atoms with Crippen LogP contribution >= 0.6 is 15.9 Å². The van der Waals surface area contributed by atoms with Gasteiger partial charge in [-0.2, -0.15) is 0 Å². The molecule has 0 saturated heterocycles. The van der Waals surface area contributed by atoms with E-state index in [0.717, 1.165) is 11.3 Å². The van der Waals surface area contributed by atoms with Crippen LogP contribution in [0.3, 0.4) is 0 Å². The van der Waals surface area contributed by atoms with Gasteiger partial charge in [-0.1, -0.05) is 6.92 Å². The van der Waals surface area contributed by atoms with Crippen molar-refractivity contribution in [2.75, 3.05) is 11.9 Å². The summed E-state index contributed by atoms with van der Waals surface area (Å²) in [6.07, 6.45) is 0.335. The Kier molecular flexibility index (Phi) is 4.54. The molecule has 4 heteroatoms. The van der Waals surface area contributed by atoms with E-state index in [1.54, 1.807) is 6.07 Å². The van der Waals surface area contributed by atoms with Gasteiger partial charge in [0.2, 0.25) is 0 Å². The Morgan fingerprint density at radius 3 is 2.80 bits per heavy atom. The van der Waals surface area contributed by atoms with E-state index >= 15 is 0 Å². The van der Waals surface area contributed by atoms with Crippen molar-refractivity contribution in [1.29, 1.82) is 0 Å². The molecule has 0 saturated carbocycles. The number of aliphatic hydroxyl groups excluding tert-OH is 1. The lowest BCUT2D eigenvalue weighted by Gasteiger charge is -2.13. The van der Waals surface area contributed by atoms with Gasteiger partial charge < -0.3 is 10.4 Å². The van der Waals surface area contributed by atoms with Crippen molar-refractivity contribution in [3.63, 3.8) is 0 Å². The van der Waals surface area contributed by atoms with E-state index in [4.69, 9.17) is 0 Å². The van der Waals surface area contributed by atoms with Crippen molar-refractivity contribution < 1.29 is 9.50 Å². The maximum Gasteiger partial charge on any atom is 0.137 e. The highest BCUT2D eigenvalue weighted by molar-refractivity contribution is 9.10. The zero-order chi connectivity index (χ0) is 11.4. The molecule has 1 rings (SSSR count). The smallest absolute Gasteiger partial charge is 0.137 e. The highest BCUT2D eigenvalue weighted by atomic mass is 79.9. The lowest BCUT2D eigenvalue weighted by Crippen LogP contribution is -2.18. The van der Waals surface area contributed by atoms with E-state index < -0.39 is 0 Å². The SMILES string of the molecule is CCC(O)CNc1cc(Br)c(F)cc1C. The molecule has 0 amide bonds. The predicted octanol–water partition coefficient (Wildman–Crippen LogP) is 3.08. The summed E-state index contributed by atoms with van der Waals surface area (Å²) >= 11 is 3.13. The topological polar surface area (TPSA) is 32.3 Å². The Bertz CT molecular complexity index is 344. The molecule has 0 spiro atoms. The number of hydrogen-bond acceptors (Lipinski definition) is 2. The third kappa shape index (κ3) is 3.47. The van der Waals surface area contributed by atoms with Crippen LogP contribution in [0, 0.1) is 12.7 Å². The van der Waals surface area contributed by atoms with Crippen molar-refractivity contribution in [2.45, 2.75) is 26.4 Å². The van der Waals surface area contributed by atoms with Crippen LogP contribution in [0.4, 0.5) is 10.1 Å². The van der Waals surface area contributed by atoms with Crippen molar-refractivity contribution >= 4 is 21.6 Å². The molecule has 84 valence electrons. The van der Waals surface area contributed by atoms with Crippen LogP contribution in [0.2, 0.25) is 0 Å². The van der Waals surface area contributed by atoms with E-state index in [1.165, 1.54) is 6.07 Å². The molecule has 0 aliphatic heterocycles. The van der Waals surface area contributed by atoms with Crippen LogP contribution in [0.1, 0.15) is 18.9 Å². The molecule has 0 aromatic heterocycles. The summed E-state index contributed by atoms with van der Waals surface area (Å²) in [6.45, 7) is 4.23. The van der Waals surface area contributed by atoms with Gasteiger partial charge in [0.1, 0.15) is 5.82 Å². The third-order valence-electron chi connectivity index (χ3n) is 2.27. The molecular weight excluding hydrogens is 261 g/mol. The summed E-state index contributed by atoms with van der Waals surface area (Å²) in [4.78, 5) is 0. The summed E-state index contributed by atoms with van der Waals surface area (Å²) in [6, 6.07) is 3.15. The van der Waals surface area contributed by atoms with Gasteiger partial charge in [0, 0.05) is 12.2 Å². The second kappa shape index (κ2) is 5.47. The molecule has 0 heterocycles. The van der Waals surface area contributed by atoms with Crippen molar-refractivity contribution in [1.82, 2.24) is 0 Å². The van der Waals surface area contributed by atoms with Crippen molar-refractivity contribution in [2.24, 2.45) is 0 Å². The second-order valence-corrected chi connectivity index (χ2v) is 4.38. The average molecular weight is 276 g/mol. The fourth-order valence-corrected chi connectivity index (χ4v) is 1.55. The number of hydrogen-bond donors (Lipinski definition) is 2. The minimum Gasteiger partial charge on any atom is -0.391 e. The van der Waals surface area contributed by atoms with E-state index in [-0.39, 0.29) is 11.9 Å². The molecule has 15 heavy (non-hydrogen) atoms. The monoisotopic (exact) mass is 275 g/mol. The first-order valence-corrected chi connectivity index (χ1v) is 5.71. The first-order valence-electron chi connectivity index (χ1n) is 4.92. The van der Waals surface area contributed by atoms with Crippen molar-refractivity contribution in [3.8, 4) is 0 Å². The largest absolute Gasteiger partial charge is 0.391 e. The van der Waals surface area contributed by atoms with Crippen molar-refractivity contribution in [3.05, 3.63) is 28.0 Å². The van der Waals surface area contributed by atoms with Gasteiger partial charge in [0.25, 0.3) is 0 Å². The molecular formula is C11H15BrFNO. The fourth-order valence-electron chi connectivity index (χ4n) is 1.21. The number of benzene rings is 1. The Labute approximate surface area is 97.6 Å². The number of aryl methyl sites for hydroxylation is 1. The molecule has 0 aliphatic carbocycles. The molecule has 1 unspecified atom stereocenters. The summed E-state index contributed by atoms with van der Waals surface area (Å²) in [7, 11) is 0. The number of nitrogens with one attached hydrogen (secondary N) is 1. The van der Waals surface area contributed by atoms with Gasteiger partial charge in [0.15, 0.2) is 0 Å². The summed E-state index contributed by atoms with van der Waals surface area (Å²) < 4.78 is 13.5. The lowest BCUT2D eigenvalue weighted by molar-refractivity contribution is 0.183. The zero-order valence-electron chi connectivity index (χ0n) is 8.85.